The maximum absolute atomic E-state index is 10.7. The van der Waals surface area contributed by atoms with E-state index in [1.165, 1.54) is 5.56 Å². The van der Waals surface area contributed by atoms with Gasteiger partial charge >= 0.3 is 0 Å². The summed E-state index contributed by atoms with van der Waals surface area (Å²) in [5.41, 5.74) is 3.27. The minimum Gasteiger partial charge on any atom is -0.491 e. The molecular formula is C18H21NO2. The number of rotatable bonds is 3. The van der Waals surface area contributed by atoms with E-state index in [4.69, 9.17) is 4.74 Å². The molecule has 2 atom stereocenters. The molecule has 3 heteroatoms. The van der Waals surface area contributed by atoms with Crippen LogP contribution in [0.3, 0.4) is 0 Å². The highest BCUT2D eigenvalue weighted by Gasteiger charge is 2.32. The van der Waals surface area contributed by atoms with Crippen LogP contribution in [0.1, 0.15) is 22.8 Å². The zero-order chi connectivity index (χ0) is 14.8. The zero-order valence-electron chi connectivity index (χ0n) is 12.5. The molecule has 0 saturated heterocycles. The zero-order valence-corrected chi connectivity index (χ0v) is 12.5. The predicted molar refractivity (Wildman–Crippen MR) is 83.3 cm³/mol. The first kappa shape index (κ1) is 14.1. The van der Waals surface area contributed by atoms with E-state index in [1.54, 1.807) is 0 Å². The largest absolute Gasteiger partial charge is 0.491 e. The van der Waals surface area contributed by atoms with E-state index in [-0.39, 0.29) is 6.04 Å². The van der Waals surface area contributed by atoms with Crippen LogP contribution in [0, 0.1) is 6.92 Å². The van der Waals surface area contributed by atoms with Gasteiger partial charge in [0.05, 0.1) is 6.04 Å². The van der Waals surface area contributed by atoms with Crippen molar-refractivity contribution in [1.29, 1.82) is 0 Å². The summed E-state index contributed by atoms with van der Waals surface area (Å²) in [5, 5.41) is 10.7. The van der Waals surface area contributed by atoms with Gasteiger partial charge in [-0.1, -0.05) is 42.0 Å². The number of ether oxygens (including phenoxy) is 1. The van der Waals surface area contributed by atoms with Gasteiger partial charge in [-0.2, -0.15) is 0 Å². The third-order valence-corrected chi connectivity index (χ3v) is 4.10. The quantitative estimate of drug-likeness (QED) is 0.940. The molecule has 3 nitrogen and oxygen atoms in total. The maximum Gasteiger partial charge on any atom is 0.125 e. The van der Waals surface area contributed by atoms with Crippen molar-refractivity contribution in [1.82, 2.24) is 4.90 Å². The Hall–Kier alpha value is -1.84. The maximum atomic E-state index is 10.7. The number of aliphatic hydroxyl groups is 1. The number of benzene rings is 2. The second-order valence-corrected chi connectivity index (χ2v) is 5.77. The molecule has 0 radical (unpaired) electrons. The summed E-state index contributed by atoms with van der Waals surface area (Å²) in [5.74, 6) is 0.803. The van der Waals surface area contributed by atoms with Gasteiger partial charge in [0.2, 0.25) is 0 Å². The van der Waals surface area contributed by atoms with Crippen LogP contribution in [0.25, 0.3) is 0 Å². The highest BCUT2D eigenvalue weighted by atomic mass is 16.5. The molecule has 1 heterocycles. The molecule has 1 N–H and O–H groups in total. The van der Waals surface area contributed by atoms with E-state index in [1.807, 2.05) is 50.4 Å². The van der Waals surface area contributed by atoms with Crippen molar-refractivity contribution < 1.29 is 9.84 Å². The molecular weight excluding hydrogens is 262 g/mol. The Labute approximate surface area is 125 Å². The van der Waals surface area contributed by atoms with Gasteiger partial charge in [0.1, 0.15) is 18.5 Å². The predicted octanol–water partition coefficient (Wildman–Crippen LogP) is 2.92. The van der Waals surface area contributed by atoms with Crippen LogP contribution < -0.4 is 4.74 Å². The first-order valence-electron chi connectivity index (χ1n) is 7.31. The topological polar surface area (TPSA) is 32.7 Å². The van der Waals surface area contributed by atoms with Crippen LogP contribution in [0.5, 0.6) is 5.75 Å². The number of aryl methyl sites for hydroxylation is 1. The lowest BCUT2D eigenvalue weighted by molar-refractivity contribution is 0.0118. The second kappa shape index (κ2) is 5.88. The normalized spacial score (nSPS) is 21.0. The van der Waals surface area contributed by atoms with E-state index in [2.05, 4.69) is 17.0 Å². The average molecular weight is 283 g/mol. The van der Waals surface area contributed by atoms with Crippen LogP contribution in [0.2, 0.25) is 0 Å². The molecule has 1 aliphatic heterocycles. The third-order valence-electron chi connectivity index (χ3n) is 4.10. The molecule has 0 amide bonds. The van der Waals surface area contributed by atoms with E-state index in [0.717, 1.165) is 23.4 Å². The van der Waals surface area contributed by atoms with Crippen molar-refractivity contribution in [2.24, 2.45) is 0 Å². The summed E-state index contributed by atoms with van der Waals surface area (Å²) in [6.07, 6.45) is -0.512. The van der Waals surface area contributed by atoms with Crippen molar-refractivity contribution in [3.63, 3.8) is 0 Å². The Bertz CT molecular complexity index is 612. The number of likely N-dealkylation sites (N-methyl/N-ethyl adjacent to an activating group) is 1. The van der Waals surface area contributed by atoms with Gasteiger partial charge in [0, 0.05) is 12.1 Å². The molecule has 1 aliphatic rings. The van der Waals surface area contributed by atoms with Crippen molar-refractivity contribution in [3.05, 3.63) is 65.2 Å². The van der Waals surface area contributed by atoms with E-state index >= 15 is 0 Å². The smallest absolute Gasteiger partial charge is 0.125 e. The van der Waals surface area contributed by atoms with Crippen LogP contribution in [-0.2, 0) is 6.54 Å². The lowest BCUT2D eigenvalue weighted by Gasteiger charge is -2.36. The van der Waals surface area contributed by atoms with Gasteiger partial charge in [-0.05, 0) is 31.7 Å². The van der Waals surface area contributed by atoms with Crippen molar-refractivity contribution in [3.8, 4) is 5.75 Å². The number of fused-ring (bicyclic) bond motifs is 1. The Kier molecular flexibility index (Phi) is 3.95. The molecule has 110 valence electrons. The van der Waals surface area contributed by atoms with Crippen LogP contribution in [0.4, 0.5) is 0 Å². The molecule has 0 saturated carbocycles. The highest BCUT2D eigenvalue weighted by molar-refractivity contribution is 5.40. The SMILES string of the molecule is Cc1ccc2c(c1)C(O)C(N(C)Cc1ccccc1)CO2. The monoisotopic (exact) mass is 283 g/mol. The summed E-state index contributed by atoms with van der Waals surface area (Å²) in [7, 11) is 2.03. The molecule has 2 aromatic carbocycles. The first-order valence-corrected chi connectivity index (χ1v) is 7.31. The van der Waals surface area contributed by atoms with Gasteiger partial charge in [-0.15, -0.1) is 0 Å². The van der Waals surface area contributed by atoms with E-state index < -0.39 is 6.10 Å². The molecule has 0 aliphatic carbocycles. The van der Waals surface area contributed by atoms with Gasteiger partial charge in [0.15, 0.2) is 0 Å². The van der Waals surface area contributed by atoms with Crippen LogP contribution in [0.15, 0.2) is 48.5 Å². The van der Waals surface area contributed by atoms with Gasteiger partial charge < -0.3 is 9.84 Å². The van der Waals surface area contributed by atoms with Crippen LogP contribution >= 0.6 is 0 Å². The second-order valence-electron chi connectivity index (χ2n) is 5.77. The van der Waals surface area contributed by atoms with Crippen molar-refractivity contribution in [2.45, 2.75) is 25.6 Å². The first-order chi connectivity index (χ1) is 10.1. The number of hydrogen-bond acceptors (Lipinski definition) is 3. The summed E-state index contributed by atoms with van der Waals surface area (Å²) >= 11 is 0. The lowest BCUT2D eigenvalue weighted by atomic mass is 9.96. The van der Waals surface area contributed by atoms with Crippen LogP contribution in [-0.4, -0.2) is 29.7 Å². The van der Waals surface area contributed by atoms with Gasteiger partial charge in [-0.25, -0.2) is 0 Å². The van der Waals surface area contributed by atoms with E-state index in [0.29, 0.717) is 6.61 Å². The molecule has 2 aromatic rings. The summed E-state index contributed by atoms with van der Waals surface area (Å²) < 4.78 is 5.82. The summed E-state index contributed by atoms with van der Waals surface area (Å²) in [6, 6.07) is 16.2. The van der Waals surface area contributed by atoms with Crippen molar-refractivity contribution in [2.75, 3.05) is 13.7 Å². The number of nitrogens with zero attached hydrogens (tertiary/aromatic N) is 1. The fourth-order valence-electron chi connectivity index (χ4n) is 2.86. The molecule has 21 heavy (non-hydrogen) atoms. The Morgan fingerprint density at radius 1 is 1.19 bits per heavy atom. The average Bonchev–Trinajstić information content (AvgIpc) is 2.49. The summed E-state index contributed by atoms with van der Waals surface area (Å²) in [4.78, 5) is 2.16. The number of aliphatic hydroxyl groups excluding tert-OH is 1. The molecule has 0 fully saturated rings. The van der Waals surface area contributed by atoms with Gasteiger partial charge in [0.25, 0.3) is 0 Å². The minimum atomic E-state index is -0.512. The van der Waals surface area contributed by atoms with Gasteiger partial charge in [-0.3, -0.25) is 4.90 Å². The molecule has 3 rings (SSSR count). The van der Waals surface area contributed by atoms with E-state index in [9.17, 15) is 5.11 Å². The molecule has 0 aromatic heterocycles. The Morgan fingerprint density at radius 2 is 1.95 bits per heavy atom. The molecule has 0 spiro atoms. The summed E-state index contributed by atoms with van der Waals surface area (Å²) in [6.45, 7) is 3.35. The fourth-order valence-corrected chi connectivity index (χ4v) is 2.86. The lowest BCUT2D eigenvalue weighted by Crippen LogP contribution is -2.43. The Morgan fingerprint density at radius 3 is 2.71 bits per heavy atom. The molecule has 0 bridgehead atoms. The van der Waals surface area contributed by atoms with Crippen molar-refractivity contribution >= 4 is 0 Å². The Balaban J connectivity index is 1.78. The minimum absolute atomic E-state index is 0.0282. The third kappa shape index (κ3) is 2.94. The molecule has 2 unspecified atom stereocenters. The standard InChI is InChI=1S/C18H21NO2/c1-13-8-9-17-15(10-13)18(20)16(12-21-17)19(2)11-14-6-4-3-5-7-14/h3-10,16,18,20H,11-12H2,1-2H3. The number of hydrogen-bond donors (Lipinski definition) is 1. The highest BCUT2D eigenvalue weighted by Crippen LogP contribution is 2.34. The fraction of sp³-hybridized carbons (Fsp3) is 0.333.